The van der Waals surface area contributed by atoms with Crippen LogP contribution in [-0.2, 0) is 6.42 Å². The Labute approximate surface area is 178 Å². The Bertz CT molecular complexity index is 1310. The quantitative estimate of drug-likeness (QED) is 0.339. The summed E-state index contributed by atoms with van der Waals surface area (Å²) in [4.78, 5) is 26.4. The van der Waals surface area contributed by atoms with Crippen LogP contribution in [0.1, 0.15) is 17.7 Å². The van der Waals surface area contributed by atoms with Gasteiger partial charge in [0.15, 0.2) is 5.75 Å². The maximum absolute atomic E-state index is 12.1. The largest absolute Gasteiger partial charge is 0.431 e. The van der Waals surface area contributed by atoms with Gasteiger partial charge in [-0.2, -0.15) is 4.98 Å². The zero-order valence-electron chi connectivity index (χ0n) is 16.9. The van der Waals surface area contributed by atoms with Crippen molar-refractivity contribution in [2.45, 2.75) is 19.8 Å². The molecule has 154 valence electrons. The zero-order valence-corrected chi connectivity index (χ0v) is 16.9. The van der Waals surface area contributed by atoms with Crippen molar-refractivity contribution in [2.75, 3.05) is 11.4 Å². The second-order valence-corrected chi connectivity index (χ2v) is 7.37. The van der Waals surface area contributed by atoms with Crippen molar-refractivity contribution in [1.29, 1.82) is 0 Å². The number of pyridine rings is 1. The van der Waals surface area contributed by atoms with Gasteiger partial charge in [-0.05, 0) is 43.5 Å². The average Bonchev–Trinajstić information content (AvgIpc) is 2.79. The number of nitrogens with zero attached hydrogens (tertiary/aromatic N) is 5. The second kappa shape index (κ2) is 7.64. The van der Waals surface area contributed by atoms with Gasteiger partial charge in [0.25, 0.3) is 0 Å². The number of nitro groups is 1. The van der Waals surface area contributed by atoms with Gasteiger partial charge < -0.3 is 9.64 Å². The first kappa shape index (κ1) is 18.9. The normalized spacial score (nSPS) is 13.1. The van der Waals surface area contributed by atoms with Gasteiger partial charge in [-0.25, -0.2) is 9.97 Å². The molecule has 0 spiro atoms. The molecular formula is C23H19N5O3. The van der Waals surface area contributed by atoms with E-state index < -0.39 is 4.92 Å². The molecule has 0 aliphatic carbocycles. The Morgan fingerprint density at radius 3 is 2.81 bits per heavy atom. The van der Waals surface area contributed by atoms with Gasteiger partial charge in [0.1, 0.15) is 11.8 Å². The molecule has 0 N–H and O–H groups in total. The van der Waals surface area contributed by atoms with Gasteiger partial charge in [0.2, 0.25) is 5.82 Å². The van der Waals surface area contributed by atoms with Crippen molar-refractivity contribution in [2.24, 2.45) is 0 Å². The van der Waals surface area contributed by atoms with Gasteiger partial charge in [0.05, 0.1) is 4.92 Å². The number of ether oxygens (including phenoxy) is 1. The number of anilines is 2. The summed E-state index contributed by atoms with van der Waals surface area (Å²) in [5.41, 5.74) is 3.25. The number of aromatic nitrogens is 3. The molecule has 5 rings (SSSR count). The third-order valence-corrected chi connectivity index (χ3v) is 5.35. The molecule has 8 nitrogen and oxygen atoms in total. The summed E-state index contributed by atoms with van der Waals surface area (Å²) in [5, 5.41) is 13.0. The minimum atomic E-state index is -0.480. The van der Waals surface area contributed by atoms with Crippen LogP contribution in [-0.4, -0.2) is 26.4 Å². The Hall–Kier alpha value is -4.07. The molecule has 31 heavy (non-hydrogen) atoms. The number of rotatable bonds is 4. The first-order chi connectivity index (χ1) is 15.1. The fourth-order valence-electron chi connectivity index (χ4n) is 3.94. The van der Waals surface area contributed by atoms with Gasteiger partial charge in [-0.15, -0.1) is 0 Å². The first-order valence-electron chi connectivity index (χ1n) is 10.0. The number of hydrogen-bond acceptors (Lipinski definition) is 7. The van der Waals surface area contributed by atoms with E-state index >= 15 is 0 Å². The lowest BCUT2D eigenvalue weighted by Crippen LogP contribution is -2.26. The van der Waals surface area contributed by atoms with Gasteiger partial charge in [-0.3, -0.25) is 10.1 Å². The van der Waals surface area contributed by atoms with Gasteiger partial charge in [0, 0.05) is 23.3 Å². The number of benzene rings is 2. The van der Waals surface area contributed by atoms with Crippen LogP contribution in [0.25, 0.3) is 10.9 Å². The van der Waals surface area contributed by atoms with Crippen LogP contribution in [0.3, 0.4) is 0 Å². The maximum Gasteiger partial charge on any atom is 0.373 e. The van der Waals surface area contributed by atoms with E-state index in [2.05, 4.69) is 15.0 Å². The lowest BCUT2D eigenvalue weighted by molar-refractivity contribution is -0.385. The molecule has 4 aromatic rings. The van der Waals surface area contributed by atoms with Crippen LogP contribution < -0.4 is 9.64 Å². The second-order valence-electron chi connectivity index (χ2n) is 7.37. The summed E-state index contributed by atoms with van der Waals surface area (Å²) in [6, 6.07) is 17.2. The molecule has 0 amide bonds. The van der Waals surface area contributed by atoms with E-state index in [0.29, 0.717) is 17.8 Å². The van der Waals surface area contributed by atoms with E-state index in [1.54, 1.807) is 6.07 Å². The van der Waals surface area contributed by atoms with Gasteiger partial charge >= 0.3 is 11.6 Å². The lowest BCUT2D eigenvalue weighted by Gasteiger charge is -2.29. The molecular weight excluding hydrogens is 394 g/mol. The molecule has 2 aromatic heterocycles. The standard InChI is InChI=1S/C23H19N5O3/c1-15-11-12-17-7-4-10-19(20(17)26-15)31-23-21(28(29)30)22(24-14-25-23)27-13-5-8-16-6-2-3-9-18(16)27/h2-4,6-7,9-12,14H,5,8,13H2,1H3. The van der Waals surface area contributed by atoms with Crippen molar-refractivity contribution in [1.82, 2.24) is 15.0 Å². The molecule has 0 atom stereocenters. The number of hydrogen-bond donors (Lipinski definition) is 0. The average molecular weight is 413 g/mol. The van der Waals surface area contributed by atoms with Crippen LogP contribution in [0.15, 0.2) is 60.9 Å². The van der Waals surface area contributed by atoms with Crippen LogP contribution in [0.4, 0.5) is 17.2 Å². The van der Waals surface area contributed by atoms with E-state index in [0.717, 1.165) is 35.2 Å². The molecule has 1 aliphatic heterocycles. The topological polar surface area (TPSA) is 94.3 Å². The Morgan fingerprint density at radius 2 is 1.94 bits per heavy atom. The molecule has 0 bridgehead atoms. The van der Waals surface area contributed by atoms with Crippen molar-refractivity contribution in [3.63, 3.8) is 0 Å². The number of aryl methyl sites for hydroxylation is 2. The van der Waals surface area contributed by atoms with Crippen molar-refractivity contribution >= 4 is 28.1 Å². The molecule has 8 heteroatoms. The lowest BCUT2D eigenvalue weighted by atomic mass is 10.0. The minimum absolute atomic E-state index is 0.103. The van der Waals surface area contributed by atoms with E-state index in [-0.39, 0.29) is 17.4 Å². The summed E-state index contributed by atoms with van der Waals surface area (Å²) in [6.45, 7) is 2.51. The highest BCUT2D eigenvalue weighted by Gasteiger charge is 2.31. The summed E-state index contributed by atoms with van der Waals surface area (Å²) >= 11 is 0. The zero-order chi connectivity index (χ0) is 21.4. The van der Waals surface area contributed by atoms with E-state index in [4.69, 9.17) is 4.74 Å². The number of fused-ring (bicyclic) bond motifs is 2. The predicted octanol–water partition coefficient (Wildman–Crippen LogP) is 5.12. The Kier molecular flexibility index (Phi) is 4.66. The van der Waals surface area contributed by atoms with Crippen molar-refractivity contribution < 1.29 is 9.66 Å². The van der Waals surface area contributed by atoms with Crippen LogP contribution in [0.5, 0.6) is 11.6 Å². The first-order valence-corrected chi connectivity index (χ1v) is 10.0. The van der Waals surface area contributed by atoms with Gasteiger partial charge in [-0.1, -0.05) is 36.4 Å². The summed E-state index contributed by atoms with van der Waals surface area (Å²) in [6.07, 6.45) is 3.11. The molecule has 3 heterocycles. The van der Waals surface area contributed by atoms with Crippen LogP contribution in [0, 0.1) is 17.0 Å². The molecule has 0 radical (unpaired) electrons. The van der Waals surface area contributed by atoms with E-state index in [1.807, 2.05) is 60.4 Å². The fourth-order valence-corrected chi connectivity index (χ4v) is 3.94. The highest BCUT2D eigenvalue weighted by molar-refractivity contribution is 5.85. The Morgan fingerprint density at radius 1 is 1.06 bits per heavy atom. The van der Waals surface area contributed by atoms with Crippen molar-refractivity contribution in [3.05, 3.63) is 82.3 Å². The number of para-hydroxylation sites is 2. The molecule has 1 aliphatic rings. The van der Waals surface area contributed by atoms with Crippen molar-refractivity contribution in [3.8, 4) is 11.6 Å². The maximum atomic E-state index is 12.1. The van der Waals surface area contributed by atoms with E-state index in [1.165, 1.54) is 6.33 Å². The molecule has 0 saturated heterocycles. The molecule has 2 aromatic carbocycles. The third kappa shape index (κ3) is 3.42. The monoisotopic (exact) mass is 413 g/mol. The van der Waals surface area contributed by atoms with Crippen LogP contribution >= 0.6 is 0 Å². The van der Waals surface area contributed by atoms with E-state index in [9.17, 15) is 10.1 Å². The molecule has 0 fully saturated rings. The summed E-state index contributed by atoms with van der Waals surface area (Å²) in [5.74, 6) is 0.536. The highest BCUT2D eigenvalue weighted by Crippen LogP contribution is 2.42. The minimum Gasteiger partial charge on any atom is -0.431 e. The summed E-state index contributed by atoms with van der Waals surface area (Å²) < 4.78 is 5.98. The highest BCUT2D eigenvalue weighted by atomic mass is 16.6. The third-order valence-electron chi connectivity index (χ3n) is 5.35. The SMILES string of the molecule is Cc1ccc2cccc(Oc3ncnc(N4CCCc5ccccc54)c3[N+](=O)[O-])c2n1. The molecule has 0 saturated carbocycles. The fraction of sp³-hybridized carbons (Fsp3) is 0.174. The smallest absolute Gasteiger partial charge is 0.373 e. The molecule has 0 unspecified atom stereocenters. The van der Waals surface area contributed by atoms with Crippen LogP contribution in [0.2, 0.25) is 0 Å². The Balaban J connectivity index is 1.63. The summed E-state index contributed by atoms with van der Waals surface area (Å²) in [7, 11) is 0. The predicted molar refractivity (Wildman–Crippen MR) is 117 cm³/mol.